The van der Waals surface area contributed by atoms with Gasteiger partial charge in [-0.05, 0) is 30.7 Å². The number of halogens is 1. The Morgan fingerprint density at radius 1 is 1.23 bits per heavy atom. The molecular weight excluding hydrogens is 330 g/mol. The summed E-state index contributed by atoms with van der Waals surface area (Å²) in [6.45, 7) is 2.00. The second kappa shape index (κ2) is 8.75. The second-order valence-corrected chi connectivity index (χ2v) is 7.08. The quantitative estimate of drug-likeness (QED) is 0.721. The topological polar surface area (TPSA) is 89.5 Å². The molecule has 1 aromatic rings. The Balaban J connectivity index is 2.43. The SMILES string of the molecule is CCCNC(=O)COC(=O)CCS(=O)(=O)c1ccc(Cl)cc1. The van der Waals surface area contributed by atoms with E-state index in [1.54, 1.807) is 0 Å². The van der Waals surface area contributed by atoms with E-state index in [1.165, 1.54) is 24.3 Å². The summed E-state index contributed by atoms with van der Waals surface area (Å²) in [5.41, 5.74) is 0. The van der Waals surface area contributed by atoms with Gasteiger partial charge in [0.2, 0.25) is 0 Å². The fourth-order valence-corrected chi connectivity index (χ4v) is 2.86. The lowest BCUT2D eigenvalue weighted by atomic mass is 10.4. The number of amides is 1. The lowest BCUT2D eigenvalue weighted by molar-refractivity contribution is -0.148. The van der Waals surface area contributed by atoms with Crippen LogP contribution in [0.1, 0.15) is 19.8 Å². The van der Waals surface area contributed by atoms with Gasteiger partial charge in [0.05, 0.1) is 17.1 Å². The van der Waals surface area contributed by atoms with E-state index in [9.17, 15) is 18.0 Å². The maximum Gasteiger partial charge on any atom is 0.307 e. The first kappa shape index (κ1) is 18.4. The predicted molar refractivity (Wildman–Crippen MR) is 82.4 cm³/mol. The highest BCUT2D eigenvalue weighted by Gasteiger charge is 2.17. The highest BCUT2D eigenvalue weighted by atomic mass is 35.5. The van der Waals surface area contributed by atoms with E-state index < -0.39 is 28.3 Å². The Labute approximate surface area is 134 Å². The maximum absolute atomic E-state index is 12.0. The van der Waals surface area contributed by atoms with Crippen LogP contribution < -0.4 is 5.32 Å². The first-order chi connectivity index (χ1) is 10.3. The summed E-state index contributed by atoms with van der Waals surface area (Å²) in [6, 6.07) is 5.68. The molecular formula is C14H18ClNO5S. The minimum atomic E-state index is -3.58. The molecule has 1 N–H and O–H groups in total. The molecule has 122 valence electrons. The van der Waals surface area contributed by atoms with Crippen LogP contribution in [0.4, 0.5) is 0 Å². The zero-order valence-electron chi connectivity index (χ0n) is 12.2. The standard InChI is InChI=1S/C14H18ClNO5S/c1-2-8-16-13(17)10-21-14(18)7-9-22(19,20)12-5-3-11(15)4-6-12/h3-6H,2,7-10H2,1H3,(H,16,17). The van der Waals surface area contributed by atoms with Crippen molar-refractivity contribution in [3.05, 3.63) is 29.3 Å². The minimum Gasteiger partial charge on any atom is -0.456 e. The average molecular weight is 348 g/mol. The summed E-state index contributed by atoms with van der Waals surface area (Å²) >= 11 is 5.69. The Bertz CT molecular complexity index is 613. The molecule has 6 nitrogen and oxygen atoms in total. The summed E-state index contributed by atoms with van der Waals surface area (Å²) in [6.07, 6.45) is 0.463. The normalized spacial score (nSPS) is 11.0. The van der Waals surface area contributed by atoms with Crippen molar-refractivity contribution in [2.24, 2.45) is 0 Å². The number of esters is 1. The Morgan fingerprint density at radius 2 is 1.86 bits per heavy atom. The summed E-state index contributed by atoms with van der Waals surface area (Å²) in [5, 5.41) is 2.97. The van der Waals surface area contributed by atoms with E-state index in [-0.39, 0.29) is 17.1 Å². The van der Waals surface area contributed by atoms with Crippen molar-refractivity contribution in [1.29, 1.82) is 0 Å². The molecule has 0 bridgehead atoms. The minimum absolute atomic E-state index is 0.0883. The van der Waals surface area contributed by atoms with Gasteiger partial charge in [-0.1, -0.05) is 18.5 Å². The van der Waals surface area contributed by atoms with Gasteiger partial charge in [-0.3, -0.25) is 9.59 Å². The molecule has 0 saturated heterocycles. The molecule has 8 heteroatoms. The predicted octanol–water partition coefficient (Wildman–Crippen LogP) is 1.57. The van der Waals surface area contributed by atoms with Crippen molar-refractivity contribution in [2.75, 3.05) is 18.9 Å². The van der Waals surface area contributed by atoms with Gasteiger partial charge in [0.15, 0.2) is 16.4 Å². The first-order valence-corrected chi connectivity index (χ1v) is 8.79. The van der Waals surface area contributed by atoms with Crippen LogP contribution in [-0.2, 0) is 24.2 Å². The number of nitrogens with one attached hydrogen (secondary N) is 1. The third-order valence-corrected chi connectivity index (χ3v) is 4.67. The average Bonchev–Trinajstić information content (AvgIpc) is 2.49. The fourth-order valence-electron chi connectivity index (χ4n) is 1.51. The molecule has 0 fully saturated rings. The summed E-state index contributed by atoms with van der Waals surface area (Å²) in [5.74, 6) is -1.52. The van der Waals surface area contributed by atoms with E-state index in [0.717, 1.165) is 6.42 Å². The molecule has 1 rings (SSSR count). The molecule has 0 unspecified atom stereocenters. The fraction of sp³-hybridized carbons (Fsp3) is 0.429. The van der Waals surface area contributed by atoms with Gasteiger partial charge in [-0.15, -0.1) is 0 Å². The summed E-state index contributed by atoms with van der Waals surface area (Å²) < 4.78 is 28.7. The van der Waals surface area contributed by atoms with Crippen molar-refractivity contribution in [1.82, 2.24) is 5.32 Å². The van der Waals surface area contributed by atoms with Crippen LogP contribution >= 0.6 is 11.6 Å². The van der Waals surface area contributed by atoms with Crippen molar-refractivity contribution < 1.29 is 22.7 Å². The number of hydrogen-bond donors (Lipinski definition) is 1. The van der Waals surface area contributed by atoms with Gasteiger partial charge in [0.1, 0.15) is 0 Å². The van der Waals surface area contributed by atoms with Crippen LogP contribution in [0.5, 0.6) is 0 Å². The molecule has 0 atom stereocenters. The monoisotopic (exact) mass is 347 g/mol. The molecule has 0 aliphatic rings. The van der Waals surface area contributed by atoms with Crippen molar-refractivity contribution >= 4 is 33.3 Å². The second-order valence-electron chi connectivity index (χ2n) is 4.53. The largest absolute Gasteiger partial charge is 0.456 e. The molecule has 0 saturated carbocycles. The number of hydrogen-bond acceptors (Lipinski definition) is 5. The molecule has 1 aromatic carbocycles. The molecule has 0 aliphatic carbocycles. The lowest BCUT2D eigenvalue weighted by Crippen LogP contribution is -2.29. The third kappa shape index (κ3) is 6.44. The van der Waals surface area contributed by atoms with Crippen LogP contribution in [0.15, 0.2) is 29.2 Å². The number of carbonyl (C=O) groups excluding carboxylic acids is 2. The molecule has 0 heterocycles. The number of carbonyl (C=O) groups is 2. The zero-order valence-corrected chi connectivity index (χ0v) is 13.7. The van der Waals surface area contributed by atoms with E-state index >= 15 is 0 Å². The van der Waals surface area contributed by atoms with Crippen LogP contribution in [-0.4, -0.2) is 39.2 Å². The highest BCUT2D eigenvalue weighted by molar-refractivity contribution is 7.91. The van der Waals surface area contributed by atoms with Crippen LogP contribution in [0.25, 0.3) is 0 Å². The summed E-state index contributed by atoms with van der Waals surface area (Å²) in [7, 11) is -3.58. The van der Waals surface area contributed by atoms with Gasteiger partial charge < -0.3 is 10.1 Å². The summed E-state index contributed by atoms with van der Waals surface area (Å²) in [4.78, 5) is 22.8. The maximum atomic E-state index is 12.0. The number of ether oxygens (including phenoxy) is 1. The van der Waals surface area contributed by atoms with E-state index in [4.69, 9.17) is 16.3 Å². The van der Waals surface area contributed by atoms with Gasteiger partial charge >= 0.3 is 5.97 Å². The van der Waals surface area contributed by atoms with Crippen molar-refractivity contribution in [3.63, 3.8) is 0 Å². The third-order valence-electron chi connectivity index (χ3n) is 2.68. The zero-order chi connectivity index (χ0) is 16.6. The molecule has 0 aromatic heterocycles. The smallest absolute Gasteiger partial charge is 0.307 e. The lowest BCUT2D eigenvalue weighted by Gasteiger charge is -2.06. The first-order valence-electron chi connectivity index (χ1n) is 6.76. The number of benzene rings is 1. The number of sulfone groups is 1. The molecule has 22 heavy (non-hydrogen) atoms. The van der Waals surface area contributed by atoms with E-state index in [2.05, 4.69) is 5.32 Å². The Kier molecular flexibility index (Phi) is 7.34. The van der Waals surface area contributed by atoms with Gasteiger partial charge in [-0.2, -0.15) is 0 Å². The van der Waals surface area contributed by atoms with E-state index in [1.807, 2.05) is 6.92 Å². The molecule has 1 amide bonds. The van der Waals surface area contributed by atoms with Gasteiger partial charge in [0.25, 0.3) is 5.91 Å². The van der Waals surface area contributed by atoms with Crippen LogP contribution in [0, 0.1) is 0 Å². The Morgan fingerprint density at radius 3 is 2.45 bits per heavy atom. The van der Waals surface area contributed by atoms with Crippen LogP contribution in [0.2, 0.25) is 5.02 Å². The van der Waals surface area contributed by atoms with Crippen molar-refractivity contribution in [3.8, 4) is 0 Å². The molecule has 0 aliphatic heterocycles. The molecule has 0 spiro atoms. The van der Waals surface area contributed by atoms with Gasteiger partial charge in [0, 0.05) is 11.6 Å². The Hall–Kier alpha value is -1.60. The van der Waals surface area contributed by atoms with Crippen LogP contribution in [0.3, 0.4) is 0 Å². The molecule has 0 radical (unpaired) electrons. The number of rotatable bonds is 8. The van der Waals surface area contributed by atoms with Crippen molar-refractivity contribution in [2.45, 2.75) is 24.7 Å². The van der Waals surface area contributed by atoms with Gasteiger partial charge in [-0.25, -0.2) is 8.42 Å². The van der Waals surface area contributed by atoms with E-state index in [0.29, 0.717) is 11.6 Å². The highest BCUT2D eigenvalue weighted by Crippen LogP contribution is 2.16.